The van der Waals surface area contributed by atoms with Crippen LogP contribution >= 0.6 is 0 Å². The Bertz CT molecular complexity index is 570. The fourth-order valence-corrected chi connectivity index (χ4v) is 2.68. The van der Waals surface area contributed by atoms with Crippen LogP contribution in [0.5, 0.6) is 5.75 Å². The van der Waals surface area contributed by atoms with E-state index >= 15 is 0 Å². The summed E-state index contributed by atoms with van der Waals surface area (Å²) in [5.74, 6) is -0.191. The summed E-state index contributed by atoms with van der Waals surface area (Å²) < 4.78 is 5.76. The number of hydrogen-bond donors (Lipinski definition) is 1. The van der Waals surface area contributed by atoms with Crippen LogP contribution in [0.1, 0.15) is 41.0 Å². The molecule has 0 atom stereocenters. The molecular weight excluding hydrogens is 296 g/mol. The second-order valence-electron chi connectivity index (χ2n) is 5.39. The van der Waals surface area contributed by atoms with E-state index in [1.165, 1.54) is 4.90 Å². The van der Waals surface area contributed by atoms with Gasteiger partial charge in [0.25, 0.3) is 11.8 Å². The highest BCUT2D eigenvalue weighted by Gasteiger charge is 2.37. The van der Waals surface area contributed by atoms with Crippen LogP contribution in [-0.4, -0.2) is 66.1 Å². The number of nitrogens with zero attached hydrogens (tertiary/aromatic N) is 2. The van der Waals surface area contributed by atoms with E-state index < -0.39 is 0 Å². The minimum Gasteiger partial charge on any atom is -0.491 e. The Morgan fingerprint density at radius 2 is 1.91 bits per heavy atom. The zero-order chi connectivity index (χ0) is 16.8. The first-order valence-electron chi connectivity index (χ1n) is 8.09. The summed E-state index contributed by atoms with van der Waals surface area (Å²) in [6.45, 7) is 7.47. The average Bonchev–Trinajstić information content (AvgIpc) is 2.81. The number of amides is 2. The summed E-state index contributed by atoms with van der Waals surface area (Å²) in [5.41, 5.74) is 0.725. The molecule has 1 heterocycles. The number of imide groups is 1. The lowest BCUT2D eigenvalue weighted by Gasteiger charge is -2.18. The van der Waals surface area contributed by atoms with Crippen LogP contribution in [0.3, 0.4) is 0 Å². The van der Waals surface area contributed by atoms with Crippen molar-refractivity contribution in [3.63, 3.8) is 0 Å². The molecule has 0 saturated heterocycles. The summed E-state index contributed by atoms with van der Waals surface area (Å²) in [6.07, 6.45) is 0.379. The van der Waals surface area contributed by atoms with Crippen molar-refractivity contribution in [2.45, 2.75) is 20.3 Å². The van der Waals surface area contributed by atoms with Gasteiger partial charge in [-0.1, -0.05) is 19.9 Å². The molecule has 1 aromatic rings. The number of hydrogen-bond acceptors (Lipinski definition) is 5. The number of likely N-dealkylation sites (N-methyl/N-ethyl adjacent to an activating group) is 1. The minimum atomic E-state index is -0.336. The molecule has 1 aliphatic rings. The van der Waals surface area contributed by atoms with E-state index in [0.717, 1.165) is 19.6 Å². The normalized spacial score (nSPS) is 13.8. The van der Waals surface area contributed by atoms with Gasteiger partial charge in [0.15, 0.2) is 0 Å². The molecule has 0 fully saturated rings. The first-order chi connectivity index (χ1) is 11.1. The van der Waals surface area contributed by atoms with Crippen molar-refractivity contribution in [1.82, 2.24) is 9.80 Å². The Morgan fingerprint density at radius 3 is 2.57 bits per heavy atom. The van der Waals surface area contributed by atoms with Gasteiger partial charge >= 0.3 is 0 Å². The third-order valence-corrected chi connectivity index (χ3v) is 4.06. The molecule has 1 aliphatic heterocycles. The van der Waals surface area contributed by atoms with Gasteiger partial charge in [-0.2, -0.15) is 0 Å². The lowest BCUT2D eigenvalue weighted by atomic mass is 10.1. The fraction of sp³-hybridized carbons (Fsp3) is 0.529. The van der Waals surface area contributed by atoms with E-state index in [2.05, 4.69) is 18.7 Å². The molecule has 2 amide bonds. The molecule has 0 spiro atoms. The molecule has 2 rings (SSSR count). The average molecular weight is 320 g/mol. The summed E-state index contributed by atoms with van der Waals surface area (Å²) in [6, 6.07) is 5.10. The molecule has 0 bridgehead atoms. The number of aliphatic hydroxyl groups is 1. The lowest BCUT2D eigenvalue weighted by Crippen LogP contribution is -2.31. The van der Waals surface area contributed by atoms with Crippen molar-refractivity contribution in [1.29, 1.82) is 0 Å². The van der Waals surface area contributed by atoms with Crippen molar-refractivity contribution in [2.75, 3.05) is 39.4 Å². The third kappa shape index (κ3) is 3.71. The molecule has 0 unspecified atom stereocenters. The number of carbonyl (C=O) groups excluding carboxylic acids is 2. The van der Waals surface area contributed by atoms with Gasteiger partial charge in [-0.15, -0.1) is 0 Å². The lowest BCUT2D eigenvalue weighted by molar-refractivity contribution is 0.0644. The van der Waals surface area contributed by atoms with Crippen LogP contribution in [0.15, 0.2) is 18.2 Å². The first-order valence-corrected chi connectivity index (χ1v) is 8.09. The number of fused-ring (bicyclic) bond motifs is 1. The summed E-state index contributed by atoms with van der Waals surface area (Å²) >= 11 is 0. The van der Waals surface area contributed by atoms with Gasteiger partial charge in [0.2, 0.25) is 0 Å². The quantitative estimate of drug-likeness (QED) is 0.696. The smallest absolute Gasteiger partial charge is 0.265 e. The molecule has 6 nitrogen and oxygen atoms in total. The molecule has 126 valence electrons. The molecule has 0 aliphatic carbocycles. The molecule has 0 aromatic heterocycles. The van der Waals surface area contributed by atoms with Crippen LogP contribution in [0.4, 0.5) is 0 Å². The van der Waals surface area contributed by atoms with Crippen molar-refractivity contribution < 1.29 is 19.4 Å². The maximum absolute atomic E-state index is 12.5. The number of ether oxygens (including phenoxy) is 1. The van der Waals surface area contributed by atoms with Crippen molar-refractivity contribution in [3.8, 4) is 5.75 Å². The standard InChI is InChI=1S/C17H24N2O4/c1-3-18(4-2)10-12-23-14-8-5-7-13-15(14)17(22)19(16(13)21)9-6-11-20/h5,7-8,20H,3-4,6,9-12H2,1-2H3. The Morgan fingerprint density at radius 1 is 1.17 bits per heavy atom. The van der Waals surface area contributed by atoms with Crippen molar-refractivity contribution in [3.05, 3.63) is 29.3 Å². The third-order valence-electron chi connectivity index (χ3n) is 4.06. The molecule has 23 heavy (non-hydrogen) atoms. The zero-order valence-corrected chi connectivity index (χ0v) is 13.7. The number of carbonyl (C=O) groups is 2. The minimum absolute atomic E-state index is 0.0549. The second kappa shape index (κ2) is 8.08. The van der Waals surface area contributed by atoms with Gasteiger partial charge in [0, 0.05) is 19.7 Å². The van der Waals surface area contributed by atoms with Crippen LogP contribution in [0.2, 0.25) is 0 Å². The molecule has 0 radical (unpaired) electrons. The van der Waals surface area contributed by atoms with Crippen molar-refractivity contribution >= 4 is 11.8 Å². The van der Waals surface area contributed by atoms with Gasteiger partial charge in [-0.3, -0.25) is 14.5 Å². The Kier molecular flexibility index (Phi) is 6.12. The van der Waals surface area contributed by atoms with E-state index in [-0.39, 0.29) is 25.0 Å². The predicted molar refractivity (Wildman–Crippen MR) is 86.8 cm³/mol. The van der Waals surface area contributed by atoms with Crippen LogP contribution < -0.4 is 4.74 Å². The molecule has 1 N–H and O–H groups in total. The summed E-state index contributed by atoms with van der Waals surface area (Å²) in [7, 11) is 0. The Balaban J connectivity index is 2.11. The maximum Gasteiger partial charge on any atom is 0.265 e. The topological polar surface area (TPSA) is 70.1 Å². The van der Waals surface area contributed by atoms with Gasteiger partial charge < -0.3 is 14.7 Å². The number of aliphatic hydroxyl groups excluding tert-OH is 1. The maximum atomic E-state index is 12.5. The van der Waals surface area contributed by atoms with Crippen LogP contribution in [0.25, 0.3) is 0 Å². The van der Waals surface area contributed by atoms with E-state index in [0.29, 0.717) is 29.9 Å². The number of benzene rings is 1. The van der Waals surface area contributed by atoms with Gasteiger partial charge in [-0.25, -0.2) is 0 Å². The monoisotopic (exact) mass is 320 g/mol. The van der Waals surface area contributed by atoms with E-state index in [1.54, 1.807) is 18.2 Å². The zero-order valence-electron chi connectivity index (χ0n) is 13.7. The molecule has 0 saturated carbocycles. The van der Waals surface area contributed by atoms with Gasteiger partial charge in [0.05, 0.1) is 11.1 Å². The molecule has 1 aromatic carbocycles. The van der Waals surface area contributed by atoms with Gasteiger partial charge in [-0.05, 0) is 31.6 Å². The number of rotatable bonds is 9. The largest absolute Gasteiger partial charge is 0.491 e. The highest BCUT2D eigenvalue weighted by Crippen LogP contribution is 2.31. The highest BCUT2D eigenvalue weighted by molar-refractivity contribution is 6.22. The Hall–Kier alpha value is -1.92. The van der Waals surface area contributed by atoms with Crippen molar-refractivity contribution in [2.24, 2.45) is 0 Å². The summed E-state index contributed by atoms with van der Waals surface area (Å²) in [5, 5.41) is 8.91. The van der Waals surface area contributed by atoms with Crippen LogP contribution in [-0.2, 0) is 0 Å². The van der Waals surface area contributed by atoms with E-state index in [4.69, 9.17) is 9.84 Å². The summed E-state index contributed by atoms with van der Waals surface area (Å²) in [4.78, 5) is 28.2. The van der Waals surface area contributed by atoms with E-state index in [9.17, 15) is 9.59 Å². The Labute approximate surface area is 136 Å². The predicted octanol–water partition coefficient (Wildman–Crippen LogP) is 1.39. The first kappa shape index (κ1) is 17.4. The van der Waals surface area contributed by atoms with Crippen LogP contribution in [0, 0.1) is 0 Å². The second-order valence-corrected chi connectivity index (χ2v) is 5.39. The molecular formula is C17H24N2O4. The van der Waals surface area contributed by atoms with E-state index in [1.807, 2.05) is 0 Å². The SMILES string of the molecule is CCN(CC)CCOc1cccc2c1C(=O)N(CCCO)C2=O. The fourth-order valence-electron chi connectivity index (χ4n) is 2.68. The molecule has 6 heteroatoms. The van der Waals surface area contributed by atoms with Gasteiger partial charge in [0.1, 0.15) is 12.4 Å². The highest BCUT2D eigenvalue weighted by atomic mass is 16.5.